The van der Waals surface area contributed by atoms with Crippen LogP contribution in [0.25, 0.3) is 0 Å². The van der Waals surface area contributed by atoms with E-state index in [9.17, 15) is 12.8 Å². The van der Waals surface area contributed by atoms with E-state index >= 15 is 0 Å². The van der Waals surface area contributed by atoms with Gasteiger partial charge in [-0.1, -0.05) is 18.6 Å². The van der Waals surface area contributed by atoms with Crippen molar-refractivity contribution in [2.75, 3.05) is 26.0 Å². The third kappa shape index (κ3) is 3.04. The second-order valence-electron chi connectivity index (χ2n) is 6.87. The lowest BCUT2D eigenvalue weighted by atomic mass is 9.64. The molecule has 1 unspecified atom stereocenters. The minimum absolute atomic E-state index is 0.146. The van der Waals surface area contributed by atoms with Crippen LogP contribution < -0.4 is 0 Å². The maximum atomic E-state index is 13.7. The third-order valence-electron chi connectivity index (χ3n) is 5.21. The molecule has 1 atom stereocenters. The van der Waals surface area contributed by atoms with Crippen molar-refractivity contribution in [3.8, 4) is 0 Å². The number of nitrogens with zero attached hydrogens (tertiary/aromatic N) is 3. The lowest BCUT2D eigenvalue weighted by Gasteiger charge is -2.39. The van der Waals surface area contributed by atoms with Gasteiger partial charge in [-0.05, 0) is 30.5 Å². The molecule has 0 radical (unpaired) electrons. The first-order chi connectivity index (χ1) is 12.4. The zero-order valence-electron chi connectivity index (χ0n) is 14.4. The normalized spacial score (nSPS) is 23.5. The van der Waals surface area contributed by atoms with Crippen molar-refractivity contribution in [3.05, 3.63) is 47.4 Å². The fraction of sp³-hybridized carbons (Fsp3) is 0.529. The Morgan fingerprint density at radius 3 is 2.77 bits per heavy atom. The predicted molar refractivity (Wildman–Crippen MR) is 90.4 cm³/mol. The summed E-state index contributed by atoms with van der Waals surface area (Å²) in [7, 11) is -3.31. The zero-order chi connectivity index (χ0) is 18.4. The molecule has 140 valence electrons. The van der Waals surface area contributed by atoms with Gasteiger partial charge in [0.25, 0.3) is 0 Å². The molecule has 2 fully saturated rings. The van der Waals surface area contributed by atoms with E-state index in [0.29, 0.717) is 12.4 Å². The van der Waals surface area contributed by atoms with Crippen molar-refractivity contribution < 1.29 is 22.0 Å². The number of sulfonamides is 1. The van der Waals surface area contributed by atoms with Gasteiger partial charge in [0, 0.05) is 13.1 Å². The lowest BCUT2D eigenvalue weighted by molar-refractivity contribution is -0.0184. The first-order valence-electron chi connectivity index (χ1n) is 8.55. The molecule has 7 nitrogen and oxygen atoms in total. The van der Waals surface area contributed by atoms with Gasteiger partial charge < -0.3 is 9.15 Å². The Morgan fingerprint density at radius 1 is 1.31 bits per heavy atom. The van der Waals surface area contributed by atoms with Crippen molar-refractivity contribution in [2.45, 2.75) is 30.8 Å². The molecule has 9 heteroatoms. The van der Waals surface area contributed by atoms with Crippen LogP contribution in [0.1, 0.15) is 42.7 Å². The third-order valence-corrected chi connectivity index (χ3v) is 6.48. The van der Waals surface area contributed by atoms with Gasteiger partial charge in [-0.15, -0.1) is 10.2 Å². The van der Waals surface area contributed by atoms with E-state index in [4.69, 9.17) is 9.15 Å². The first-order valence-corrected chi connectivity index (χ1v) is 10.4. The SMILES string of the molecule is CS(=O)(=O)N1CCOC(c2nnc(C3(c4cccc(F)c4)CCC3)o2)C1. The van der Waals surface area contributed by atoms with Gasteiger partial charge in [-0.2, -0.15) is 4.31 Å². The molecule has 1 aliphatic heterocycles. The van der Waals surface area contributed by atoms with Crippen molar-refractivity contribution in [1.82, 2.24) is 14.5 Å². The number of benzene rings is 1. The highest BCUT2D eigenvalue weighted by Crippen LogP contribution is 2.48. The average Bonchev–Trinajstić information content (AvgIpc) is 3.03. The summed E-state index contributed by atoms with van der Waals surface area (Å²) in [6.45, 7) is 0.724. The maximum absolute atomic E-state index is 13.7. The second kappa shape index (κ2) is 6.40. The highest BCUT2D eigenvalue weighted by atomic mass is 32.2. The van der Waals surface area contributed by atoms with Crippen LogP contribution in [0.4, 0.5) is 4.39 Å². The Kier molecular flexibility index (Phi) is 4.32. The van der Waals surface area contributed by atoms with Gasteiger partial charge in [-0.25, -0.2) is 12.8 Å². The Labute approximate surface area is 151 Å². The molecule has 0 amide bonds. The molecule has 1 aliphatic carbocycles. The van der Waals surface area contributed by atoms with Crippen molar-refractivity contribution >= 4 is 10.0 Å². The smallest absolute Gasteiger partial charge is 0.246 e. The van der Waals surface area contributed by atoms with Gasteiger partial charge in [0.15, 0.2) is 0 Å². The molecule has 2 heterocycles. The lowest BCUT2D eigenvalue weighted by Crippen LogP contribution is -2.41. The fourth-order valence-corrected chi connectivity index (χ4v) is 4.39. The quantitative estimate of drug-likeness (QED) is 0.805. The summed E-state index contributed by atoms with van der Waals surface area (Å²) >= 11 is 0. The number of hydrogen-bond acceptors (Lipinski definition) is 6. The zero-order valence-corrected chi connectivity index (χ0v) is 15.2. The number of aromatic nitrogens is 2. The van der Waals surface area contributed by atoms with Gasteiger partial charge in [-0.3, -0.25) is 0 Å². The van der Waals surface area contributed by atoms with E-state index in [1.807, 2.05) is 6.07 Å². The number of morpholine rings is 1. The molecule has 4 rings (SSSR count). The van der Waals surface area contributed by atoms with E-state index in [1.165, 1.54) is 22.7 Å². The average molecular weight is 381 g/mol. The largest absolute Gasteiger partial charge is 0.421 e. The molecule has 2 aliphatic rings. The summed E-state index contributed by atoms with van der Waals surface area (Å²) in [5.41, 5.74) is 0.347. The molecule has 1 aromatic carbocycles. The Morgan fingerprint density at radius 2 is 2.12 bits per heavy atom. The van der Waals surface area contributed by atoms with Gasteiger partial charge in [0.05, 0.1) is 18.3 Å². The minimum atomic E-state index is -3.31. The van der Waals surface area contributed by atoms with Gasteiger partial charge >= 0.3 is 0 Å². The standard InChI is InChI=1S/C17H20FN3O4S/c1-26(22,23)21-8-9-24-14(11-21)15-19-20-16(25-15)17(6-3-7-17)12-4-2-5-13(18)10-12/h2,4-5,10,14H,3,6-9,11H2,1H3. The Balaban J connectivity index is 1.61. The first kappa shape index (κ1) is 17.6. The number of hydrogen-bond donors (Lipinski definition) is 0. The van der Waals surface area contributed by atoms with Crippen LogP contribution in [-0.4, -0.2) is 48.9 Å². The summed E-state index contributed by atoms with van der Waals surface area (Å²) in [6, 6.07) is 6.46. The molecule has 0 spiro atoms. The fourth-order valence-electron chi connectivity index (χ4n) is 3.58. The van der Waals surface area contributed by atoms with E-state index in [2.05, 4.69) is 10.2 Å². The van der Waals surface area contributed by atoms with Crippen LogP contribution >= 0.6 is 0 Å². The van der Waals surface area contributed by atoms with Gasteiger partial charge in [0.2, 0.25) is 21.8 Å². The number of rotatable bonds is 4. The Bertz CT molecular complexity index is 910. The summed E-state index contributed by atoms with van der Waals surface area (Å²) in [4.78, 5) is 0. The van der Waals surface area contributed by atoms with E-state index in [1.54, 1.807) is 6.07 Å². The second-order valence-corrected chi connectivity index (χ2v) is 8.85. The number of halogens is 1. The highest BCUT2D eigenvalue weighted by Gasteiger charge is 2.46. The van der Waals surface area contributed by atoms with Crippen molar-refractivity contribution in [2.24, 2.45) is 0 Å². The molecule has 26 heavy (non-hydrogen) atoms. The molecule has 0 bridgehead atoms. The van der Waals surface area contributed by atoms with Crippen LogP contribution in [0.15, 0.2) is 28.7 Å². The van der Waals surface area contributed by atoms with Crippen LogP contribution in [0.2, 0.25) is 0 Å². The minimum Gasteiger partial charge on any atom is -0.421 e. The summed E-state index contributed by atoms with van der Waals surface area (Å²) in [6.07, 6.45) is 3.18. The molecule has 2 aromatic rings. The molecule has 1 saturated heterocycles. The van der Waals surface area contributed by atoms with Crippen molar-refractivity contribution in [1.29, 1.82) is 0 Å². The van der Waals surface area contributed by atoms with Gasteiger partial charge in [0.1, 0.15) is 11.9 Å². The summed E-state index contributed by atoms with van der Waals surface area (Å²) < 4.78 is 50.1. The molecule has 1 aromatic heterocycles. The predicted octanol–water partition coefficient (Wildman–Crippen LogP) is 2.01. The van der Waals surface area contributed by atoms with E-state index in [0.717, 1.165) is 24.8 Å². The van der Waals surface area contributed by atoms with Crippen LogP contribution in [-0.2, 0) is 20.2 Å². The molecular formula is C17H20FN3O4S. The topological polar surface area (TPSA) is 85.5 Å². The highest BCUT2D eigenvalue weighted by molar-refractivity contribution is 7.88. The molecule has 0 N–H and O–H groups in total. The Hall–Kier alpha value is -1.84. The molecular weight excluding hydrogens is 361 g/mol. The van der Waals surface area contributed by atoms with Crippen LogP contribution in [0.5, 0.6) is 0 Å². The van der Waals surface area contributed by atoms with Crippen molar-refractivity contribution in [3.63, 3.8) is 0 Å². The van der Waals surface area contributed by atoms with E-state index < -0.39 is 21.5 Å². The number of ether oxygens (including phenoxy) is 1. The van der Waals surface area contributed by atoms with Crippen LogP contribution in [0, 0.1) is 5.82 Å². The summed E-state index contributed by atoms with van der Waals surface area (Å²) in [5, 5.41) is 8.29. The molecule has 1 saturated carbocycles. The van der Waals surface area contributed by atoms with E-state index in [-0.39, 0.29) is 24.9 Å². The van der Waals surface area contributed by atoms with Crippen LogP contribution in [0.3, 0.4) is 0 Å². The monoisotopic (exact) mass is 381 g/mol. The maximum Gasteiger partial charge on any atom is 0.246 e. The summed E-state index contributed by atoms with van der Waals surface area (Å²) in [5.74, 6) is 0.397.